The Hall–Kier alpha value is -2.82. The molecule has 118 valence electrons. The van der Waals surface area contributed by atoms with Crippen LogP contribution in [0.2, 0.25) is 0 Å². The van der Waals surface area contributed by atoms with Crippen molar-refractivity contribution in [2.24, 2.45) is 0 Å². The first-order chi connectivity index (χ1) is 11.1. The van der Waals surface area contributed by atoms with Crippen LogP contribution in [0.4, 0.5) is 11.4 Å². The standard InChI is InChI=1S/C18H18N2O3/c1-12-7-9-13(10-8-12)20-17(21)11-15(18(20)22)19-14-5-3-4-6-16(14)23-2/h3-10,15,19H,11H2,1-2H3. The number of amides is 2. The van der Waals surface area contributed by atoms with E-state index in [2.05, 4.69) is 5.32 Å². The van der Waals surface area contributed by atoms with Gasteiger partial charge < -0.3 is 10.1 Å². The van der Waals surface area contributed by atoms with Crippen LogP contribution in [0.5, 0.6) is 5.75 Å². The zero-order valence-corrected chi connectivity index (χ0v) is 13.1. The molecule has 2 aromatic rings. The number of ether oxygens (including phenoxy) is 1. The van der Waals surface area contributed by atoms with Crippen molar-refractivity contribution in [3.8, 4) is 5.75 Å². The minimum absolute atomic E-state index is 0.130. The summed E-state index contributed by atoms with van der Waals surface area (Å²) < 4.78 is 5.27. The second-order valence-electron chi connectivity index (χ2n) is 5.50. The Morgan fingerprint density at radius 3 is 2.48 bits per heavy atom. The highest BCUT2D eigenvalue weighted by Crippen LogP contribution is 2.29. The third kappa shape index (κ3) is 2.90. The van der Waals surface area contributed by atoms with Crippen LogP contribution in [0, 0.1) is 6.92 Å². The molecule has 1 aliphatic rings. The number of nitrogens with zero attached hydrogens (tertiary/aromatic N) is 1. The van der Waals surface area contributed by atoms with Crippen LogP contribution in [-0.2, 0) is 9.59 Å². The predicted molar refractivity (Wildman–Crippen MR) is 88.7 cm³/mol. The number of para-hydroxylation sites is 2. The van der Waals surface area contributed by atoms with Crippen molar-refractivity contribution < 1.29 is 14.3 Å². The lowest BCUT2D eigenvalue weighted by Gasteiger charge is -2.17. The van der Waals surface area contributed by atoms with Gasteiger partial charge in [0.25, 0.3) is 5.91 Å². The second-order valence-corrected chi connectivity index (χ2v) is 5.50. The molecule has 1 atom stereocenters. The molecule has 1 fully saturated rings. The summed E-state index contributed by atoms with van der Waals surface area (Å²) in [7, 11) is 1.57. The van der Waals surface area contributed by atoms with E-state index in [1.54, 1.807) is 25.3 Å². The summed E-state index contributed by atoms with van der Waals surface area (Å²) in [5.74, 6) is 0.192. The molecule has 1 saturated heterocycles. The molecule has 0 saturated carbocycles. The van der Waals surface area contributed by atoms with Crippen molar-refractivity contribution in [3.63, 3.8) is 0 Å². The largest absolute Gasteiger partial charge is 0.495 e. The summed E-state index contributed by atoms with van der Waals surface area (Å²) in [5.41, 5.74) is 2.39. The number of rotatable bonds is 4. The fourth-order valence-electron chi connectivity index (χ4n) is 2.66. The van der Waals surface area contributed by atoms with E-state index < -0.39 is 6.04 Å². The zero-order valence-electron chi connectivity index (χ0n) is 13.1. The van der Waals surface area contributed by atoms with Crippen molar-refractivity contribution in [1.82, 2.24) is 0 Å². The number of anilines is 2. The maximum absolute atomic E-state index is 12.6. The Kier molecular flexibility index (Phi) is 4.02. The van der Waals surface area contributed by atoms with Gasteiger partial charge in [-0.15, -0.1) is 0 Å². The third-order valence-electron chi connectivity index (χ3n) is 3.88. The van der Waals surface area contributed by atoms with Gasteiger partial charge in [-0.25, -0.2) is 4.90 Å². The minimum atomic E-state index is -0.583. The summed E-state index contributed by atoms with van der Waals surface area (Å²) in [6.07, 6.45) is 0.130. The summed E-state index contributed by atoms with van der Waals surface area (Å²) in [5, 5.41) is 3.11. The van der Waals surface area contributed by atoms with Gasteiger partial charge in [0.2, 0.25) is 5.91 Å². The smallest absolute Gasteiger partial charge is 0.256 e. The monoisotopic (exact) mass is 310 g/mol. The van der Waals surface area contributed by atoms with Gasteiger partial charge in [-0.1, -0.05) is 29.8 Å². The van der Waals surface area contributed by atoms with E-state index in [1.165, 1.54) is 4.90 Å². The highest BCUT2D eigenvalue weighted by molar-refractivity contribution is 6.23. The van der Waals surface area contributed by atoms with Crippen LogP contribution in [0.1, 0.15) is 12.0 Å². The summed E-state index contributed by atoms with van der Waals surface area (Å²) >= 11 is 0. The van der Waals surface area contributed by atoms with Gasteiger partial charge in [0.1, 0.15) is 11.8 Å². The van der Waals surface area contributed by atoms with Gasteiger partial charge in [0.05, 0.1) is 24.9 Å². The molecule has 5 nitrogen and oxygen atoms in total. The Balaban J connectivity index is 1.82. The molecular weight excluding hydrogens is 292 g/mol. The maximum atomic E-state index is 12.6. The second kappa shape index (κ2) is 6.12. The number of carbonyl (C=O) groups is 2. The van der Waals surface area contributed by atoms with Gasteiger partial charge in [-0.05, 0) is 31.2 Å². The lowest BCUT2D eigenvalue weighted by Crippen LogP contribution is -2.34. The molecule has 0 spiro atoms. The number of hydrogen-bond donors (Lipinski definition) is 1. The molecule has 0 aliphatic carbocycles. The molecule has 3 rings (SSSR count). The number of aryl methyl sites for hydroxylation is 1. The van der Waals surface area contributed by atoms with Crippen molar-refractivity contribution in [2.75, 3.05) is 17.3 Å². The topological polar surface area (TPSA) is 58.6 Å². The Morgan fingerprint density at radius 1 is 1.09 bits per heavy atom. The SMILES string of the molecule is COc1ccccc1NC1CC(=O)N(c2ccc(C)cc2)C1=O. The van der Waals surface area contributed by atoms with Crippen LogP contribution in [-0.4, -0.2) is 25.0 Å². The fourth-order valence-corrected chi connectivity index (χ4v) is 2.66. The summed E-state index contributed by atoms with van der Waals surface area (Å²) in [4.78, 5) is 26.1. The molecule has 1 unspecified atom stereocenters. The molecule has 23 heavy (non-hydrogen) atoms. The molecule has 5 heteroatoms. The molecule has 1 heterocycles. The number of benzene rings is 2. The van der Waals surface area contributed by atoms with Crippen molar-refractivity contribution in [2.45, 2.75) is 19.4 Å². The maximum Gasteiger partial charge on any atom is 0.256 e. The molecule has 1 aliphatic heterocycles. The fraction of sp³-hybridized carbons (Fsp3) is 0.222. The van der Waals surface area contributed by atoms with Crippen molar-refractivity contribution in [3.05, 3.63) is 54.1 Å². The van der Waals surface area contributed by atoms with Gasteiger partial charge in [0, 0.05) is 0 Å². The molecule has 1 N–H and O–H groups in total. The third-order valence-corrected chi connectivity index (χ3v) is 3.88. The van der Waals surface area contributed by atoms with E-state index in [-0.39, 0.29) is 18.2 Å². The number of carbonyl (C=O) groups excluding carboxylic acids is 2. The van der Waals surface area contributed by atoms with Crippen LogP contribution in [0.3, 0.4) is 0 Å². The Labute approximate surface area is 134 Å². The number of imide groups is 1. The van der Waals surface area contributed by atoms with E-state index in [4.69, 9.17) is 4.74 Å². The number of hydrogen-bond acceptors (Lipinski definition) is 4. The first kappa shape index (κ1) is 15.1. The first-order valence-corrected chi connectivity index (χ1v) is 7.43. The average molecular weight is 310 g/mol. The molecule has 0 radical (unpaired) electrons. The minimum Gasteiger partial charge on any atom is -0.495 e. The number of methoxy groups -OCH3 is 1. The van der Waals surface area contributed by atoms with Crippen LogP contribution in [0.15, 0.2) is 48.5 Å². The van der Waals surface area contributed by atoms with Gasteiger partial charge in [0.15, 0.2) is 0 Å². The zero-order chi connectivity index (χ0) is 16.4. The molecule has 0 aromatic heterocycles. The predicted octanol–water partition coefficient (Wildman–Crippen LogP) is 2.75. The van der Waals surface area contributed by atoms with E-state index >= 15 is 0 Å². The summed E-state index contributed by atoms with van der Waals surface area (Å²) in [6.45, 7) is 1.96. The van der Waals surface area contributed by atoms with Crippen LogP contribution < -0.4 is 15.0 Å². The average Bonchev–Trinajstić information content (AvgIpc) is 2.83. The van der Waals surface area contributed by atoms with E-state index in [0.29, 0.717) is 17.1 Å². The highest BCUT2D eigenvalue weighted by atomic mass is 16.5. The Morgan fingerprint density at radius 2 is 1.78 bits per heavy atom. The summed E-state index contributed by atoms with van der Waals surface area (Å²) in [6, 6.07) is 14.1. The Bertz CT molecular complexity index is 740. The van der Waals surface area contributed by atoms with E-state index in [9.17, 15) is 9.59 Å². The van der Waals surface area contributed by atoms with E-state index in [0.717, 1.165) is 5.56 Å². The van der Waals surface area contributed by atoms with Gasteiger partial charge in [-0.2, -0.15) is 0 Å². The van der Waals surface area contributed by atoms with Crippen LogP contribution >= 0.6 is 0 Å². The lowest BCUT2D eigenvalue weighted by molar-refractivity contribution is -0.121. The van der Waals surface area contributed by atoms with Crippen molar-refractivity contribution in [1.29, 1.82) is 0 Å². The molecule has 2 aromatic carbocycles. The highest BCUT2D eigenvalue weighted by Gasteiger charge is 2.39. The van der Waals surface area contributed by atoms with Gasteiger partial charge in [-0.3, -0.25) is 9.59 Å². The van der Waals surface area contributed by atoms with Gasteiger partial charge >= 0.3 is 0 Å². The molecule has 2 amide bonds. The first-order valence-electron chi connectivity index (χ1n) is 7.43. The molecule has 0 bridgehead atoms. The van der Waals surface area contributed by atoms with Crippen LogP contribution in [0.25, 0.3) is 0 Å². The van der Waals surface area contributed by atoms with E-state index in [1.807, 2.05) is 37.3 Å². The number of nitrogens with one attached hydrogen (secondary N) is 1. The quantitative estimate of drug-likeness (QED) is 0.882. The molecular formula is C18H18N2O3. The van der Waals surface area contributed by atoms with Crippen molar-refractivity contribution >= 4 is 23.2 Å². The lowest BCUT2D eigenvalue weighted by atomic mass is 10.2. The normalized spacial score (nSPS) is 17.5.